The first kappa shape index (κ1) is 21.0. The molecule has 0 atom stereocenters. The maximum absolute atomic E-state index is 12.7. The van der Waals surface area contributed by atoms with E-state index in [2.05, 4.69) is 9.72 Å². The SMILES string of the molecule is O=S(=O)(Nc1cccc(COCC(F)(F)F)n1)c1cccc(C(F)(F)F)c1. The summed E-state index contributed by atoms with van der Waals surface area (Å²) >= 11 is 0. The molecule has 5 nitrogen and oxygen atoms in total. The van der Waals surface area contributed by atoms with Crippen LogP contribution in [0.4, 0.5) is 32.2 Å². The van der Waals surface area contributed by atoms with Crippen LogP contribution in [0.25, 0.3) is 0 Å². The molecule has 1 heterocycles. The number of benzene rings is 1. The van der Waals surface area contributed by atoms with Gasteiger partial charge in [0.05, 0.1) is 22.8 Å². The van der Waals surface area contributed by atoms with Crippen molar-refractivity contribution in [2.45, 2.75) is 23.9 Å². The molecule has 0 radical (unpaired) electrons. The second-order valence-electron chi connectivity index (χ2n) is 5.25. The number of nitrogens with zero attached hydrogens (tertiary/aromatic N) is 1. The molecular weight excluding hydrogens is 402 g/mol. The lowest BCUT2D eigenvalue weighted by molar-refractivity contribution is -0.176. The molecule has 0 saturated carbocycles. The van der Waals surface area contributed by atoms with E-state index >= 15 is 0 Å². The number of sulfonamides is 1. The fourth-order valence-corrected chi connectivity index (χ4v) is 2.97. The van der Waals surface area contributed by atoms with Gasteiger partial charge in [0.15, 0.2) is 0 Å². The van der Waals surface area contributed by atoms with Crippen LogP contribution in [0.3, 0.4) is 0 Å². The number of aromatic nitrogens is 1. The third kappa shape index (κ3) is 6.40. The molecule has 148 valence electrons. The van der Waals surface area contributed by atoms with Crippen molar-refractivity contribution in [3.63, 3.8) is 0 Å². The van der Waals surface area contributed by atoms with Crippen LogP contribution in [0.5, 0.6) is 0 Å². The second-order valence-corrected chi connectivity index (χ2v) is 6.94. The van der Waals surface area contributed by atoms with Crippen LogP contribution in [0.1, 0.15) is 11.3 Å². The van der Waals surface area contributed by atoms with Gasteiger partial charge in [-0.25, -0.2) is 13.4 Å². The highest BCUT2D eigenvalue weighted by molar-refractivity contribution is 7.92. The largest absolute Gasteiger partial charge is 0.416 e. The minimum Gasteiger partial charge on any atom is -0.366 e. The highest BCUT2D eigenvalue weighted by Crippen LogP contribution is 2.30. The minimum absolute atomic E-state index is 0.00323. The smallest absolute Gasteiger partial charge is 0.366 e. The van der Waals surface area contributed by atoms with Gasteiger partial charge in [-0.15, -0.1) is 0 Å². The van der Waals surface area contributed by atoms with Gasteiger partial charge in [0.2, 0.25) is 0 Å². The molecule has 0 saturated heterocycles. The highest BCUT2D eigenvalue weighted by Gasteiger charge is 2.31. The van der Waals surface area contributed by atoms with Gasteiger partial charge in [-0.05, 0) is 30.3 Å². The van der Waals surface area contributed by atoms with Crippen LogP contribution >= 0.6 is 0 Å². The van der Waals surface area contributed by atoms with E-state index in [1.165, 1.54) is 18.2 Å². The third-order valence-electron chi connectivity index (χ3n) is 3.03. The maximum atomic E-state index is 12.7. The molecular formula is C15H12F6N2O3S. The molecule has 0 unspecified atom stereocenters. The molecule has 0 aliphatic carbocycles. The van der Waals surface area contributed by atoms with Crippen molar-refractivity contribution < 1.29 is 39.5 Å². The van der Waals surface area contributed by atoms with E-state index < -0.39 is 46.0 Å². The first-order chi connectivity index (χ1) is 12.4. The van der Waals surface area contributed by atoms with E-state index in [4.69, 9.17) is 0 Å². The van der Waals surface area contributed by atoms with Gasteiger partial charge in [0.25, 0.3) is 10.0 Å². The van der Waals surface area contributed by atoms with Crippen LogP contribution in [0, 0.1) is 0 Å². The van der Waals surface area contributed by atoms with Gasteiger partial charge in [0, 0.05) is 0 Å². The van der Waals surface area contributed by atoms with Crippen LogP contribution < -0.4 is 4.72 Å². The number of halogens is 6. The monoisotopic (exact) mass is 414 g/mol. The molecule has 12 heteroatoms. The van der Waals surface area contributed by atoms with Gasteiger partial charge in [-0.1, -0.05) is 12.1 Å². The summed E-state index contributed by atoms with van der Waals surface area (Å²) in [7, 11) is -4.39. The summed E-state index contributed by atoms with van der Waals surface area (Å²) in [5.41, 5.74) is -1.14. The Balaban J connectivity index is 2.15. The van der Waals surface area contributed by atoms with Crippen LogP contribution in [-0.2, 0) is 27.5 Å². The first-order valence-electron chi connectivity index (χ1n) is 7.17. The number of hydrogen-bond donors (Lipinski definition) is 1. The third-order valence-corrected chi connectivity index (χ3v) is 4.39. The van der Waals surface area contributed by atoms with E-state index in [1.807, 2.05) is 4.72 Å². The molecule has 0 amide bonds. The fourth-order valence-electron chi connectivity index (χ4n) is 1.92. The Morgan fingerprint density at radius 2 is 1.67 bits per heavy atom. The Morgan fingerprint density at radius 3 is 2.30 bits per heavy atom. The lowest BCUT2D eigenvalue weighted by Gasteiger charge is -2.11. The zero-order valence-corrected chi connectivity index (χ0v) is 14.1. The number of nitrogens with one attached hydrogen (secondary N) is 1. The van der Waals surface area contributed by atoms with Gasteiger partial charge in [0.1, 0.15) is 12.4 Å². The van der Waals surface area contributed by atoms with Crippen molar-refractivity contribution in [1.82, 2.24) is 4.98 Å². The number of ether oxygens (including phenoxy) is 1. The van der Waals surface area contributed by atoms with E-state index in [0.717, 1.165) is 18.2 Å². The average Bonchev–Trinajstić information content (AvgIpc) is 2.53. The van der Waals surface area contributed by atoms with Crippen LogP contribution in [-0.4, -0.2) is 26.2 Å². The van der Waals surface area contributed by atoms with Gasteiger partial charge in [-0.2, -0.15) is 26.3 Å². The summed E-state index contributed by atoms with van der Waals surface area (Å²) in [6, 6.07) is 6.88. The highest BCUT2D eigenvalue weighted by atomic mass is 32.2. The van der Waals surface area contributed by atoms with Crippen molar-refractivity contribution in [3.05, 3.63) is 53.7 Å². The molecule has 0 aliphatic rings. The summed E-state index contributed by atoms with van der Waals surface area (Å²) < 4.78 is 105. The Morgan fingerprint density at radius 1 is 1.00 bits per heavy atom. The van der Waals surface area contributed by atoms with E-state index in [-0.39, 0.29) is 11.5 Å². The number of anilines is 1. The molecule has 27 heavy (non-hydrogen) atoms. The maximum Gasteiger partial charge on any atom is 0.416 e. The minimum atomic E-state index is -4.72. The molecule has 2 rings (SSSR count). The van der Waals surface area contributed by atoms with E-state index in [1.54, 1.807) is 0 Å². The van der Waals surface area contributed by atoms with Crippen molar-refractivity contribution >= 4 is 15.8 Å². The molecule has 1 aromatic carbocycles. The summed E-state index contributed by atoms with van der Waals surface area (Å²) in [4.78, 5) is 3.13. The Hall–Kier alpha value is -2.34. The molecule has 1 aromatic heterocycles. The predicted octanol–water partition coefficient (Wildman–Crippen LogP) is 3.98. The predicted molar refractivity (Wildman–Crippen MR) is 82.2 cm³/mol. The second kappa shape index (κ2) is 7.72. The first-order valence-corrected chi connectivity index (χ1v) is 8.66. The normalized spacial score (nSPS) is 12.8. The molecule has 0 aliphatic heterocycles. The van der Waals surface area contributed by atoms with Gasteiger partial charge in [-0.3, -0.25) is 4.72 Å². The van der Waals surface area contributed by atoms with Crippen molar-refractivity contribution in [1.29, 1.82) is 0 Å². The van der Waals surface area contributed by atoms with Crippen LogP contribution in [0.15, 0.2) is 47.4 Å². The van der Waals surface area contributed by atoms with E-state index in [0.29, 0.717) is 6.07 Å². The molecule has 0 fully saturated rings. The van der Waals surface area contributed by atoms with Crippen molar-refractivity contribution in [2.75, 3.05) is 11.3 Å². The summed E-state index contributed by atoms with van der Waals surface area (Å²) in [6.07, 6.45) is -9.25. The zero-order valence-electron chi connectivity index (χ0n) is 13.3. The van der Waals surface area contributed by atoms with Crippen molar-refractivity contribution in [2.24, 2.45) is 0 Å². The fraction of sp³-hybridized carbons (Fsp3) is 0.267. The lowest BCUT2D eigenvalue weighted by atomic mass is 10.2. The zero-order chi connectivity index (χ0) is 20.3. The number of rotatable bonds is 6. The quantitative estimate of drug-likeness (QED) is 0.727. The molecule has 1 N–H and O–H groups in total. The number of alkyl halides is 6. The lowest BCUT2D eigenvalue weighted by Crippen LogP contribution is -2.17. The van der Waals surface area contributed by atoms with Crippen molar-refractivity contribution in [3.8, 4) is 0 Å². The topological polar surface area (TPSA) is 68.3 Å². The Labute approximate surface area is 150 Å². The standard InChI is InChI=1S/C15H12F6N2O3S/c16-14(17,18)9-26-8-11-4-2-6-13(22-11)23-27(24,25)12-5-1-3-10(7-12)15(19,20)21/h1-7H,8-9H2,(H,22,23). The average molecular weight is 414 g/mol. The Bertz CT molecular complexity index is 897. The van der Waals surface area contributed by atoms with E-state index in [9.17, 15) is 34.8 Å². The Kier molecular flexibility index (Phi) is 6.00. The molecule has 0 bridgehead atoms. The summed E-state index contributed by atoms with van der Waals surface area (Å²) in [6.45, 7) is -2.03. The number of hydrogen-bond acceptors (Lipinski definition) is 4. The molecule has 2 aromatic rings. The van der Waals surface area contributed by atoms with Crippen LogP contribution in [0.2, 0.25) is 0 Å². The number of pyridine rings is 1. The van der Waals surface area contributed by atoms with Gasteiger partial charge < -0.3 is 4.74 Å². The summed E-state index contributed by atoms with van der Waals surface area (Å²) in [5.74, 6) is -0.277. The summed E-state index contributed by atoms with van der Waals surface area (Å²) in [5, 5.41) is 0. The molecule has 0 spiro atoms. The van der Waals surface area contributed by atoms with Gasteiger partial charge >= 0.3 is 12.4 Å².